The number of fused-ring (bicyclic) bond motifs is 4. The van der Waals surface area contributed by atoms with Crippen molar-refractivity contribution in [2.45, 2.75) is 47.0 Å². The summed E-state index contributed by atoms with van der Waals surface area (Å²) in [5.41, 5.74) is 7.99. The van der Waals surface area contributed by atoms with E-state index >= 15 is 0 Å². The van der Waals surface area contributed by atoms with Crippen molar-refractivity contribution in [2.24, 2.45) is 0 Å². The van der Waals surface area contributed by atoms with Crippen LogP contribution in [0.25, 0.3) is 84.0 Å². The van der Waals surface area contributed by atoms with Gasteiger partial charge in [-0.2, -0.15) is 6.07 Å². The summed E-state index contributed by atoms with van der Waals surface area (Å²) in [5.74, 6) is 2.41. The second-order valence-corrected chi connectivity index (χ2v) is 20.1. The molecule has 0 spiro atoms. The Bertz CT molecular complexity index is 4810. The van der Waals surface area contributed by atoms with E-state index in [-0.39, 0.29) is 65.9 Å². The summed E-state index contributed by atoms with van der Waals surface area (Å²) in [6, 6.07) is 51.8. The van der Waals surface area contributed by atoms with Crippen LogP contribution in [-0.4, -0.2) is 30.5 Å². The maximum Gasteiger partial charge on any atom is 2.00 e. The molecule has 4 heterocycles. The topological polar surface area (TPSA) is 71.7 Å². The molecule has 0 saturated carbocycles. The van der Waals surface area contributed by atoms with Gasteiger partial charge in [-0.1, -0.05) is 194 Å². The van der Waals surface area contributed by atoms with Gasteiger partial charge in [0.15, 0.2) is 11.6 Å². The molecule has 0 radical (unpaired) electrons. The first-order valence-corrected chi connectivity index (χ1v) is 25.5. The molecule has 0 saturated heterocycles. The van der Waals surface area contributed by atoms with E-state index in [4.69, 9.17) is 32.9 Å². The molecule has 0 unspecified atom stereocenters. The van der Waals surface area contributed by atoms with Crippen LogP contribution in [0.3, 0.4) is 0 Å². The van der Waals surface area contributed by atoms with Crippen LogP contribution < -0.4 is 13.9 Å². The standard InChI is InChI=1S/C70H53N7O.Pt/c1-45-46(2)64(48-24-11-7-12-25-48)66(65(47(45)3)49-26-13-8-14-27-49)76-44-75(59-36-21-22-37-60(59)76)53-32-23-33-54(41-53)78-62-43-61-56(55-34-19-20-35-58(55)77(61)63-40-52(38-39-71-63)70(4,5)6)42-57(62)69-73-67(50-28-15-9-16-29-50)72-68(74-69)51-30-17-10-18-31-51;/h7-40,42H,1-6H3;/q;+2/i7D,8D,11D,12D,13D,14D,24D,25D,26D,27D;. The van der Waals surface area contributed by atoms with Crippen LogP contribution in [0.1, 0.15) is 56.7 Å². The Labute approximate surface area is 488 Å². The van der Waals surface area contributed by atoms with Crippen LogP contribution in [0.2, 0.25) is 0 Å². The van der Waals surface area contributed by atoms with Gasteiger partial charge < -0.3 is 9.30 Å². The first kappa shape index (κ1) is 40.1. The molecule has 1 aliphatic heterocycles. The molecule has 1 aliphatic rings. The van der Waals surface area contributed by atoms with Crippen molar-refractivity contribution in [2.75, 3.05) is 0 Å². The number of hydrogen-bond donors (Lipinski definition) is 0. The predicted octanol–water partition coefficient (Wildman–Crippen LogP) is 17.2. The maximum absolute atomic E-state index is 9.36. The Balaban J connectivity index is 0.00000769. The fourth-order valence-electron chi connectivity index (χ4n) is 10.2. The van der Waals surface area contributed by atoms with Gasteiger partial charge in [0.2, 0.25) is 5.69 Å². The summed E-state index contributed by atoms with van der Waals surface area (Å²) in [6.07, 6.45) is 1.82. The average molecular weight is 1210 g/mol. The minimum absolute atomic E-state index is 0. The van der Waals surface area contributed by atoms with Gasteiger partial charge in [0, 0.05) is 46.5 Å². The van der Waals surface area contributed by atoms with Gasteiger partial charge in [0.05, 0.1) is 24.8 Å². The Morgan fingerprint density at radius 2 is 1.13 bits per heavy atom. The number of aromatic nitrogens is 5. The molecule has 0 N–H and O–H groups in total. The summed E-state index contributed by atoms with van der Waals surface area (Å²) < 4.78 is 103. The van der Waals surface area contributed by atoms with Crippen LogP contribution in [0.5, 0.6) is 11.5 Å². The van der Waals surface area contributed by atoms with Gasteiger partial charge in [-0.25, -0.2) is 19.9 Å². The van der Waals surface area contributed by atoms with E-state index in [0.717, 1.165) is 33.0 Å². The van der Waals surface area contributed by atoms with Gasteiger partial charge in [0.25, 0.3) is 11.4 Å². The van der Waals surface area contributed by atoms with Crippen LogP contribution in [-0.2, 0) is 26.5 Å². The third kappa shape index (κ3) is 9.19. The molecular weight excluding hydrogens is 1150 g/mol. The van der Waals surface area contributed by atoms with E-state index in [0.29, 0.717) is 68.1 Å². The smallest absolute Gasteiger partial charge is 0.508 e. The van der Waals surface area contributed by atoms with Gasteiger partial charge >= 0.3 is 27.1 Å². The maximum atomic E-state index is 9.36. The first-order chi connectivity index (χ1) is 42.2. The summed E-state index contributed by atoms with van der Waals surface area (Å²) >= 11 is 0. The van der Waals surface area contributed by atoms with Gasteiger partial charge in [0.1, 0.15) is 17.3 Å². The normalized spacial score (nSPS) is 13.8. The van der Waals surface area contributed by atoms with Crippen molar-refractivity contribution < 1.29 is 39.5 Å². The molecule has 0 amide bonds. The van der Waals surface area contributed by atoms with Crippen molar-refractivity contribution >= 4 is 50.6 Å². The molecule has 382 valence electrons. The fraction of sp³-hybridized carbons (Fsp3) is 0.100. The molecule has 8 nitrogen and oxygen atoms in total. The number of para-hydroxylation sites is 3. The molecule has 0 bridgehead atoms. The monoisotopic (exact) mass is 1210 g/mol. The zero-order chi connectivity index (χ0) is 61.8. The quantitative estimate of drug-likeness (QED) is 0.101. The molecule has 0 atom stereocenters. The molecule has 0 aliphatic carbocycles. The van der Waals surface area contributed by atoms with E-state index < -0.39 is 60.4 Å². The van der Waals surface area contributed by atoms with E-state index in [1.807, 2.05) is 128 Å². The van der Waals surface area contributed by atoms with E-state index in [1.165, 1.54) is 0 Å². The summed E-state index contributed by atoms with van der Waals surface area (Å²) in [5, 5.41) is 1.78. The predicted molar refractivity (Wildman–Crippen MR) is 317 cm³/mol. The van der Waals surface area contributed by atoms with E-state index in [2.05, 4.69) is 61.7 Å². The number of hydrogen-bond acceptors (Lipinski definition) is 5. The summed E-state index contributed by atoms with van der Waals surface area (Å²) in [6.45, 7) is 11.9. The fourth-order valence-corrected chi connectivity index (χ4v) is 10.2. The van der Waals surface area contributed by atoms with Crippen molar-refractivity contribution in [3.8, 4) is 73.7 Å². The third-order valence-electron chi connectivity index (χ3n) is 14.3. The average Bonchev–Trinajstić information content (AvgIpc) is 1.89. The molecule has 9 heteroatoms. The van der Waals surface area contributed by atoms with Gasteiger partial charge in [-0.15, -0.1) is 23.6 Å². The Morgan fingerprint density at radius 1 is 0.557 bits per heavy atom. The van der Waals surface area contributed by atoms with Crippen LogP contribution >= 0.6 is 0 Å². The number of nitrogens with zero attached hydrogens (tertiary/aromatic N) is 7. The Morgan fingerprint density at radius 3 is 1.75 bits per heavy atom. The van der Waals surface area contributed by atoms with E-state index in [1.54, 1.807) is 36.0 Å². The number of rotatable bonds is 10. The van der Waals surface area contributed by atoms with Crippen LogP contribution in [0.4, 0.5) is 22.7 Å². The van der Waals surface area contributed by atoms with E-state index in [9.17, 15) is 5.48 Å². The molecule has 9 aromatic carbocycles. The van der Waals surface area contributed by atoms with Crippen LogP contribution in [0.15, 0.2) is 212 Å². The minimum Gasteiger partial charge on any atom is -0.508 e. The largest absolute Gasteiger partial charge is 2.00 e. The van der Waals surface area contributed by atoms with Gasteiger partial charge in [-0.05, 0) is 93.3 Å². The number of ether oxygens (including phenoxy) is 1. The summed E-state index contributed by atoms with van der Waals surface area (Å²) in [4.78, 5) is 20.3. The molecule has 12 aromatic rings. The second kappa shape index (κ2) is 20.6. The zero-order valence-electron chi connectivity index (χ0n) is 53.8. The van der Waals surface area contributed by atoms with Crippen molar-refractivity contribution in [1.29, 1.82) is 0 Å². The molecule has 79 heavy (non-hydrogen) atoms. The second-order valence-electron chi connectivity index (χ2n) is 20.1. The number of benzene rings is 9. The molecular formula is C70H53N7OPt+2. The van der Waals surface area contributed by atoms with Gasteiger partial charge in [-0.3, -0.25) is 0 Å². The Hall–Kier alpha value is -9.19. The zero-order valence-corrected chi connectivity index (χ0v) is 46.1. The Kier molecular flexibility index (Phi) is 10.5. The molecule has 3 aromatic heterocycles. The SMILES string of the molecule is [2H]c1c([2H])c([2H])c(-c2c(C)c(C)c(C)c(-c3c([2H])c([2H])c([2H])c([2H])c3[2H])c2[N+]2=C=[N+](c3[c-]c(Oc4[c-]c5c(cc4-c4nc(-c6ccccc6)nc(-c6ccccc6)n4)c4ccccc4n5-c4cc(C(C)(C)C)ccn4)ccc3)c3ccccc32)c([2H])c1[2H].[Pt+2]. The minimum atomic E-state index is -0.585. The first-order valence-electron chi connectivity index (χ1n) is 30.5. The summed E-state index contributed by atoms with van der Waals surface area (Å²) in [7, 11) is 0. The van der Waals surface area contributed by atoms with Crippen molar-refractivity contribution in [3.05, 3.63) is 247 Å². The molecule has 0 fully saturated rings. The third-order valence-corrected chi connectivity index (χ3v) is 14.3. The molecule has 13 rings (SSSR count). The van der Waals surface area contributed by atoms with Crippen LogP contribution in [0, 0.1) is 32.9 Å². The number of pyridine rings is 1. The van der Waals surface area contributed by atoms with Crippen molar-refractivity contribution in [1.82, 2.24) is 33.7 Å². The van der Waals surface area contributed by atoms with Crippen molar-refractivity contribution in [3.63, 3.8) is 0 Å².